The highest BCUT2D eigenvalue weighted by Crippen LogP contribution is 2.25. The van der Waals surface area contributed by atoms with Gasteiger partial charge in [0.15, 0.2) is 0 Å². The number of hydrogen-bond acceptors (Lipinski definition) is 3. The largest absolute Gasteiger partial charge is 0.494 e. The molecule has 2 aromatic rings. The van der Waals surface area contributed by atoms with E-state index >= 15 is 0 Å². The number of hydrogen-bond donors (Lipinski definition) is 2. The molecule has 0 aliphatic heterocycles. The van der Waals surface area contributed by atoms with Gasteiger partial charge < -0.3 is 15.4 Å². The van der Waals surface area contributed by atoms with E-state index in [1.54, 1.807) is 0 Å². The third kappa shape index (κ3) is 8.18. The third-order valence-corrected chi connectivity index (χ3v) is 4.81. The van der Waals surface area contributed by atoms with Crippen molar-refractivity contribution in [2.45, 2.75) is 59.4 Å². The maximum absolute atomic E-state index is 12.2. The second-order valence-electron chi connectivity index (χ2n) is 8.48. The first-order valence-corrected chi connectivity index (χ1v) is 10.7. The van der Waals surface area contributed by atoms with Crippen molar-refractivity contribution in [3.8, 4) is 5.75 Å². The van der Waals surface area contributed by atoms with Crippen LogP contribution in [0.4, 0.5) is 5.69 Å². The van der Waals surface area contributed by atoms with E-state index in [2.05, 4.69) is 41.8 Å². The Hall–Kier alpha value is -2.49. The number of unbranched alkanes of at least 4 members (excludes halogenated alkanes) is 2. The zero-order valence-corrected chi connectivity index (χ0v) is 18.3. The van der Waals surface area contributed by atoms with E-state index in [1.165, 1.54) is 18.4 Å². The molecule has 1 unspecified atom stereocenters. The van der Waals surface area contributed by atoms with E-state index in [0.717, 1.165) is 30.9 Å². The van der Waals surface area contributed by atoms with Crippen molar-refractivity contribution < 1.29 is 9.53 Å². The lowest BCUT2D eigenvalue weighted by Crippen LogP contribution is -2.36. The van der Waals surface area contributed by atoms with Gasteiger partial charge in [0.05, 0.1) is 12.6 Å². The average molecular weight is 397 g/mol. The molecule has 0 spiro atoms. The highest BCUT2D eigenvalue weighted by Gasteiger charge is 2.21. The summed E-state index contributed by atoms with van der Waals surface area (Å²) in [5.41, 5.74) is 1.87. The summed E-state index contributed by atoms with van der Waals surface area (Å²) in [6, 6.07) is 18.6. The summed E-state index contributed by atoms with van der Waals surface area (Å²) in [5.74, 6) is 0.983. The molecule has 1 atom stereocenters. The highest BCUT2D eigenvalue weighted by atomic mass is 16.5. The van der Waals surface area contributed by atoms with E-state index in [1.807, 2.05) is 51.1 Å². The second kappa shape index (κ2) is 11.5. The van der Waals surface area contributed by atoms with Gasteiger partial charge in [0.1, 0.15) is 5.75 Å². The van der Waals surface area contributed by atoms with Crippen molar-refractivity contribution in [3.05, 3.63) is 60.2 Å². The lowest BCUT2D eigenvalue weighted by Gasteiger charge is -2.23. The third-order valence-electron chi connectivity index (χ3n) is 4.81. The van der Waals surface area contributed by atoms with Gasteiger partial charge >= 0.3 is 0 Å². The van der Waals surface area contributed by atoms with E-state index in [4.69, 9.17) is 4.74 Å². The predicted octanol–water partition coefficient (Wildman–Crippen LogP) is 5.96. The maximum Gasteiger partial charge on any atom is 0.225 e. The molecule has 0 aliphatic rings. The van der Waals surface area contributed by atoms with Crippen LogP contribution in [0.1, 0.15) is 65.0 Å². The first-order valence-electron chi connectivity index (χ1n) is 10.7. The Morgan fingerprint density at radius 3 is 2.31 bits per heavy atom. The fourth-order valence-corrected chi connectivity index (χ4v) is 2.99. The fourth-order valence-electron chi connectivity index (χ4n) is 2.99. The molecule has 0 saturated heterocycles. The minimum absolute atomic E-state index is 0.0757. The van der Waals surface area contributed by atoms with Gasteiger partial charge in [-0.2, -0.15) is 0 Å². The number of anilines is 1. The Labute approximate surface area is 176 Å². The van der Waals surface area contributed by atoms with Gasteiger partial charge in [-0.05, 0) is 42.7 Å². The minimum Gasteiger partial charge on any atom is -0.494 e. The number of benzene rings is 2. The minimum atomic E-state index is -0.376. The summed E-state index contributed by atoms with van der Waals surface area (Å²) in [4.78, 5) is 12.2. The molecule has 4 heteroatoms. The fraction of sp³-hybridized carbons (Fsp3) is 0.480. The molecule has 0 aromatic heterocycles. The second-order valence-corrected chi connectivity index (χ2v) is 8.48. The van der Waals surface area contributed by atoms with Gasteiger partial charge in [-0.15, -0.1) is 0 Å². The maximum atomic E-state index is 12.2. The summed E-state index contributed by atoms with van der Waals surface area (Å²) >= 11 is 0. The zero-order chi connectivity index (χ0) is 21.1. The Bertz CT molecular complexity index is 721. The first kappa shape index (κ1) is 22.8. The number of para-hydroxylation sites is 1. The number of carbonyl (C=O) groups excluding carboxylic acids is 1. The van der Waals surface area contributed by atoms with Crippen LogP contribution in [0.25, 0.3) is 0 Å². The number of amides is 1. The smallest absolute Gasteiger partial charge is 0.225 e. The topological polar surface area (TPSA) is 50.4 Å². The number of ether oxygens (including phenoxy) is 1. The summed E-state index contributed by atoms with van der Waals surface area (Å²) in [5, 5.41) is 6.65. The van der Waals surface area contributed by atoms with Crippen LogP contribution in [0, 0.1) is 5.41 Å². The van der Waals surface area contributed by atoms with Crippen molar-refractivity contribution in [1.29, 1.82) is 0 Å². The summed E-state index contributed by atoms with van der Waals surface area (Å²) in [6.45, 7) is 9.37. The summed E-state index contributed by atoms with van der Waals surface area (Å²) in [7, 11) is 0. The van der Waals surface area contributed by atoms with Crippen molar-refractivity contribution >= 4 is 11.6 Å². The summed E-state index contributed by atoms with van der Waals surface area (Å²) in [6.07, 6.45) is 4.28. The van der Waals surface area contributed by atoms with Crippen LogP contribution in [-0.2, 0) is 4.79 Å². The zero-order valence-electron chi connectivity index (χ0n) is 18.3. The molecule has 0 heterocycles. The van der Waals surface area contributed by atoms with Gasteiger partial charge in [-0.1, -0.05) is 70.9 Å². The molecular weight excluding hydrogens is 360 g/mol. The van der Waals surface area contributed by atoms with Crippen molar-refractivity contribution in [2.24, 2.45) is 5.41 Å². The van der Waals surface area contributed by atoms with Crippen LogP contribution in [0.3, 0.4) is 0 Å². The van der Waals surface area contributed by atoms with E-state index < -0.39 is 0 Å². The Kier molecular flexibility index (Phi) is 9.04. The molecule has 4 nitrogen and oxygen atoms in total. The van der Waals surface area contributed by atoms with Crippen molar-refractivity contribution in [3.63, 3.8) is 0 Å². The number of rotatable bonds is 11. The Morgan fingerprint density at radius 1 is 1.00 bits per heavy atom. The molecule has 0 radical (unpaired) electrons. The number of nitrogens with one attached hydrogen (secondary N) is 2. The lowest BCUT2D eigenvalue weighted by atomic mass is 9.95. The van der Waals surface area contributed by atoms with Gasteiger partial charge in [-0.25, -0.2) is 0 Å². The molecule has 0 saturated carbocycles. The van der Waals surface area contributed by atoms with E-state index in [0.29, 0.717) is 6.54 Å². The monoisotopic (exact) mass is 396 g/mol. The Balaban J connectivity index is 2.01. The van der Waals surface area contributed by atoms with E-state index in [-0.39, 0.29) is 17.4 Å². The van der Waals surface area contributed by atoms with Gasteiger partial charge in [-0.3, -0.25) is 4.79 Å². The molecule has 29 heavy (non-hydrogen) atoms. The van der Waals surface area contributed by atoms with Crippen LogP contribution in [-0.4, -0.2) is 19.1 Å². The molecule has 158 valence electrons. The predicted molar refractivity (Wildman–Crippen MR) is 121 cm³/mol. The highest BCUT2D eigenvalue weighted by molar-refractivity contribution is 5.81. The summed E-state index contributed by atoms with van der Waals surface area (Å²) < 4.78 is 5.83. The van der Waals surface area contributed by atoms with Gasteiger partial charge in [0, 0.05) is 17.6 Å². The van der Waals surface area contributed by atoms with Crippen LogP contribution >= 0.6 is 0 Å². The first-order chi connectivity index (χ1) is 13.9. The van der Waals surface area contributed by atoms with Crippen molar-refractivity contribution in [2.75, 3.05) is 18.5 Å². The van der Waals surface area contributed by atoms with Crippen LogP contribution < -0.4 is 15.4 Å². The molecule has 2 N–H and O–H groups in total. The van der Waals surface area contributed by atoms with Crippen LogP contribution in [0.15, 0.2) is 54.6 Å². The standard InChI is InChI=1S/C25H36N2O2/c1-5-6-10-19-29-22-15-13-20(14-16-22)23(27-21-11-8-7-9-12-21)17-18-26-24(28)25(2,3)4/h7-9,11-16,23,27H,5-6,10,17-19H2,1-4H3,(H,26,28). The molecule has 2 aromatic carbocycles. The van der Waals surface area contributed by atoms with E-state index in [9.17, 15) is 4.79 Å². The average Bonchev–Trinajstić information content (AvgIpc) is 2.71. The van der Waals surface area contributed by atoms with Crippen LogP contribution in [0.5, 0.6) is 5.75 Å². The van der Waals surface area contributed by atoms with Crippen molar-refractivity contribution in [1.82, 2.24) is 5.32 Å². The van der Waals surface area contributed by atoms with Gasteiger partial charge in [0.25, 0.3) is 0 Å². The Morgan fingerprint density at radius 2 is 1.69 bits per heavy atom. The van der Waals surface area contributed by atoms with Gasteiger partial charge in [0.2, 0.25) is 5.91 Å². The molecule has 0 bridgehead atoms. The SMILES string of the molecule is CCCCCOc1ccc(C(CCNC(=O)C(C)(C)C)Nc2ccccc2)cc1. The molecular formula is C25H36N2O2. The number of carbonyl (C=O) groups is 1. The quantitative estimate of drug-likeness (QED) is 0.461. The molecule has 2 rings (SSSR count). The molecule has 0 fully saturated rings. The lowest BCUT2D eigenvalue weighted by molar-refractivity contribution is -0.128. The molecule has 0 aliphatic carbocycles. The van der Waals surface area contributed by atoms with Crippen LogP contribution in [0.2, 0.25) is 0 Å². The normalized spacial score (nSPS) is 12.3. The molecule has 1 amide bonds.